The van der Waals surface area contributed by atoms with Gasteiger partial charge in [-0.25, -0.2) is 0 Å². The molecule has 0 bridgehead atoms. The van der Waals surface area contributed by atoms with Gasteiger partial charge in [0.05, 0.1) is 19.3 Å². The Kier molecular flexibility index (Phi) is 4.36. The molecule has 0 radical (unpaired) electrons. The Morgan fingerprint density at radius 2 is 2.35 bits per heavy atom. The Balaban J connectivity index is 2.04. The number of carbonyl (C=O) groups excluding carboxylic acids is 1. The lowest BCUT2D eigenvalue weighted by Gasteiger charge is -2.44. The monoisotopic (exact) mass is 242 g/mol. The first kappa shape index (κ1) is 12.8. The van der Waals surface area contributed by atoms with Crippen molar-refractivity contribution in [1.82, 2.24) is 9.80 Å². The van der Waals surface area contributed by atoms with Crippen molar-refractivity contribution in [3.8, 4) is 0 Å². The molecule has 2 aliphatic heterocycles. The summed E-state index contributed by atoms with van der Waals surface area (Å²) in [5.41, 5.74) is 0. The number of nitrogens with zero attached hydrogens (tertiary/aromatic N) is 2. The van der Waals surface area contributed by atoms with Crippen LogP contribution in [0.15, 0.2) is 0 Å². The molecule has 0 spiro atoms. The van der Waals surface area contributed by atoms with Crippen LogP contribution in [-0.4, -0.2) is 72.4 Å². The Morgan fingerprint density at radius 1 is 1.53 bits per heavy atom. The van der Waals surface area contributed by atoms with E-state index in [1.165, 1.54) is 0 Å². The summed E-state index contributed by atoms with van der Waals surface area (Å²) in [4.78, 5) is 16.2. The van der Waals surface area contributed by atoms with E-state index in [9.17, 15) is 9.90 Å². The van der Waals surface area contributed by atoms with Crippen LogP contribution in [0.4, 0.5) is 0 Å². The standard InChI is InChI=1S/C12H22N2O3/c1-2-13-5-3-4-10(6-13)14-11(7-15)8-17-9-12(14)16/h10-11,15H,2-9H2,1H3. The van der Waals surface area contributed by atoms with Crippen molar-refractivity contribution in [3.05, 3.63) is 0 Å². The first-order valence-electron chi connectivity index (χ1n) is 6.48. The number of rotatable bonds is 3. The highest BCUT2D eigenvalue weighted by Crippen LogP contribution is 2.20. The molecule has 0 aliphatic carbocycles. The van der Waals surface area contributed by atoms with Crippen LogP contribution in [0.25, 0.3) is 0 Å². The van der Waals surface area contributed by atoms with Crippen LogP contribution in [0.3, 0.4) is 0 Å². The van der Waals surface area contributed by atoms with E-state index in [0.29, 0.717) is 6.61 Å². The molecule has 17 heavy (non-hydrogen) atoms. The van der Waals surface area contributed by atoms with E-state index >= 15 is 0 Å². The third-order valence-corrected chi connectivity index (χ3v) is 3.75. The molecule has 1 N–H and O–H groups in total. The zero-order valence-electron chi connectivity index (χ0n) is 10.5. The Labute approximate surface area is 102 Å². The highest BCUT2D eigenvalue weighted by atomic mass is 16.5. The average molecular weight is 242 g/mol. The van der Waals surface area contributed by atoms with Crippen LogP contribution in [0.5, 0.6) is 0 Å². The van der Waals surface area contributed by atoms with Gasteiger partial charge in [-0.2, -0.15) is 0 Å². The van der Waals surface area contributed by atoms with Crippen LogP contribution in [0, 0.1) is 0 Å². The number of morpholine rings is 1. The van der Waals surface area contributed by atoms with Crippen molar-refractivity contribution >= 4 is 5.91 Å². The molecule has 2 fully saturated rings. The zero-order chi connectivity index (χ0) is 12.3. The van der Waals surface area contributed by atoms with Crippen molar-refractivity contribution in [2.45, 2.75) is 31.8 Å². The molecule has 2 atom stereocenters. The molecular weight excluding hydrogens is 220 g/mol. The van der Waals surface area contributed by atoms with Crippen LogP contribution in [0.2, 0.25) is 0 Å². The molecule has 5 nitrogen and oxygen atoms in total. The molecular formula is C12H22N2O3. The van der Waals surface area contributed by atoms with Gasteiger partial charge in [0.25, 0.3) is 0 Å². The molecule has 0 aromatic rings. The lowest BCUT2D eigenvalue weighted by atomic mass is 10.0. The lowest BCUT2D eigenvalue weighted by molar-refractivity contribution is -0.155. The summed E-state index contributed by atoms with van der Waals surface area (Å²) in [7, 11) is 0. The number of carbonyl (C=O) groups is 1. The molecule has 2 aliphatic rings. The predicted octanol–water partition coefficient (Wildman–Crippen LogP) is -0.310. The molecule has 0 aromatic heterocycles. The maximum absolute atomic E-state index is 11.9. The normalized spacial score (nSPS) is 31.9. The molecule has 0 saturated carbocycles. The van der Waals surface area contributed by atoms with E-state index < -0.39 is 0 Å². The molecule has 1 amide bonds. The van der Waals surface area contributed by atoms with Crippen LogP contribution in [0.1, 0.15) is 19.8 Å². The largest absolute Gasteiger partial charge is 0.394 e. The minimum atomic E-state index is -0.155. The van der Waals surface area contributed by atoms with Gasteiger partial charge in [0, 0.05) is 12.6 Å². The first-order valence-corrected chi connectivity index (χ1v) is 6.48. The highest BCUT2D eigenvalue weighted by molar-refractivity contribution is 5.78. The third kappa shape index (κ3) is 2.78. The van der Waals surface area contributed by atoms with E-state index in [1.54, 1.807) is 0 Å². The van der Waals surface area contributed by atoms with E-state index in [4.69, 9.17) is 4.74 Å². The molecule has 2 unspecified atom stereocenters. The second-order valence-electron chi connectivity index (χ2n) is 4.84. The summed E-state index contributed by atoms with van der Waals surface area (Å²) in [5.74, 6) is 0.0262. The predicted molar refractivity (Wildman–Crippen MR) is 63.7 cm³/mol. The summed E-state index contributed by atoms with van der Waals surface area (Å²) in [6.45, 7) is 5.85. The fourth-order valence-corrected chi connectivity index (χ4v) is 2.83. The van der Waals surface area contributed by atoms with Crippen LogP contribution >= 0.6 is 0 Å². The van der Waals surface area contributed by atoms with Crippen molar-refractivity contribution in [2.24, 2.45) is 0 Å². The maximum atomic E-state index is 11.9. The molecule has 2 heterocycles. The Bertz CT molecular complexity index is 272. The third-order valence-electron chi connectivity index (χ3n) is 3.75. The second-order valence-corrected chi connectivity index (χ2v) is 4.84. The van der Waals surface area contributed by atoms with Crippen molar-refractivity contribution in [2.75, 3.05) is 39.5 Å². The number of ether oxygens (including phenoxy) is 1. The fraction of sp³-hybridized carbons (Fsp3) is 0.917. The summed E-state index contributed by atoms with van der Waals surface area (Å²) in [5, 5.41) is 9.35. The van der Waals surface area contributed by atoms with E-state index in [0.717, 1.165) is 32.5 Å². The fourth-order valence-electron chi connectivity index (χ4n) is 2.83. The average Bonchev–Trinajstić information content (AvgIpc) is 2.38. The minimum Gasteiger partial charge on any atom is -0.394 e. The van der Waals surface area contributed by atoms with Crippen molar-refractivity contribution in [3.63, 3.8) is 0 Å². The first-order chi connectivity index (χ1) is 8.26. The van der Waals surface area contributed by atoms with Crippen molar-refractivity contribution < 1.29 is 14.6 Å². The number of hydrogen-bond acceptors (Lipinski definition) is 4. The van der Waals surface area contributed by atoms with Crippen molar-refractivity contribution in [1.29, 1.82) is 0 Å². The van der Waals surface area contributed by atoms with Gasteiger partial charge in [0.2, 0.25) is 5.91 Å². The van der Waals surface area contributed by atoms with Gasteiger partial charge in [-0.1, -0.05) is 6.92 Å². The molecule has 2 rings (SSSR count). The summed E-state index contributed by atoms with van der Waals surface area (Å²) < 4.78 is 5.19. The number of likely N-dealkylation sites (tertiary alicyclic amines) is 1. The number of piperidine rings is 1. The number of hydrogen-bond donors (Lipinski definition) is 1. The van der Waals surface area contributed by atoms with Gasteiger partial charge < -0.3 is 19.6 Å². The zero-order valence-corrected chi connectivity index (χ0v) is 10.5. The number of likely N-dealkylation sites (N-methyl/N-ethyl adjacent to an activating group) is 1. The van der Waals surface area contributed by atoms with Gasteiger partial charge in [-0.15, -0.1) is 0 Å². The summed E-state index contributed by atoms with van der Waals surface area (Å²) in [6, 6.07) is 0.0929. The van der Waals surface area contributed by atoms with Gasteiger partial charge in [-0.05, 0) is 25.9 Å². The van der Waals surface area contributed by atoms with Gasteiger partial charge in [-0.3, -0.25) is 4.79 Å². The molecule has 0 aromatic carbocycles. The van der Waals surface area contributed by atoms with Gasteiger partial charge >= 0.3 is 0 Å². The quantitative estimate of drug-likeness (QED) is 0.737. The van der Waals surface area contributed by atoms with Gasteiger partial charge in [0.1, 0.15) is 6.61 Å². The van der Waals surface area contributed by atoms with E-state index in [-0.39, 0.29) is 31.2 Å². The Hall–Kier alpha value is -0.650. The van der Waals surface area contributed by atoms with Crippen LogP contribution in [-0.2, 0) is 9.53 Å². The maximum Gasteiger partial charge on any atom is 0.249 e. The number of aliphatic hydroxyl groups excluding tert-OH is 1. The summed E-state index contributed by atoms with van der Waals surface area (Å²) in [6.07, 6.45) is 2.17. The molecule has 5 heteroatoms. The Morgan fingerprint density at radius 3 is 3.06 bits per heavy atom. The van der Waals surface area contributed by atoms with E-state index in [1.807, 2.05) is 4.90 Å². The van der Waals surface area contributed by atoms with Crippen LogP contribution < -0.4 is 0 Å². The molecule has 98 valence electrons. The lowest BCUT2D eigenvalue weighted by Crippen LogP contribution is -2.59. The SMILES string of the molecule is CCN1CCCC(N2C(=O)COCC2CO)C1. The number of aliphatic hydroxyl groups is 1. The summed E-state index contributed by atoms with van der Waals surface area (Å²) >= 11 is 0. The van der Waals surface area contributed by atoms with E-state index in [2.05, 4.69) is 11.8 Å². The smallest absolute Gasteiger partial charge is 0.249 e. The number of amides is 1. The second kappa shape index (κ2) is 5.80. The molecule has 2 saturated heterocycles. The minimum absolute atomic E-state index is 0.00559. The highest BCUT2D eigenvalue weighted by Gasteiger charge is 2.35. The van der Waals surface area contributed by atoms with Gasteiger partial charge in [0.15, 0.2) is 0 Å². The topological polar surface area (TPSA) is 53.0 Å².